The Labute approximate surface area is 100.0 Å². The molecule has 0 spiro atoms. The van der Waals surface area contributed by atoms with Gasteiger partial charge in [-0.3, -0.25) is 4.90 Å². The molecule has 0 radical (unpaired) electrons. The first-order chi connectivity index (χ1) is 7.94. The summed E-state index contributed by atoms with van der Waals surface area (Å²) in [5, 5.41) is 11.4. The average molecular weight is 254 g/mol. The van der Waals surface area contributed by atoms with E-state index in [0.717, 1.165) is 19.4 Å². The second-order valence-electron chi connectivity index (χ2n) is 4.69. The second kappa shape index (κ2) is 6.56. The van der Waals surface area contributed by atoms with Crippen molar-refractivity contribution in [3.8, 4) is 0 Å². The first-order valence-corrected chi connectivity index (χ1v) is 6.08. The summed E-state index contributed by atoms with van der Waals surface area (Å²) >= 11 is 0. The van der Waals surface area contributed by atoms with E-state index in [0.29, 0.717) is 19.0 Å². The number of piperidine rings is 1. The highest BCUT2D eigenvalue weighted by atomic mass is 19.4. The zero-order valence-electron chi connectivity index (χ0n) is 10.1. The van der Waals surface area contributed by atoms with E-state index in [4.69, 9.17) is 5.11 Å². The van der Waals surface area contributed by atoms with Crippen LogP contribution in [0, 0.1) is 5.92 Å². The standard InChI is InChI=1S/C11H21F3N2O/c1-2-9-5-10(15-8-11(12,13)14)7-16(6-9)3-4-17/h9-10,15,17H,2-8H2,1H3. The summed E-state index contributed by atoms with van der Waals surface area (Å²) in [7, 11) is 0. The number of nitrogens with one attached hydrogen (secondary N) is 1. The summed E-state index contributed by atoms with van der Waals surface area (Å²) < 4.78 is 36.4. The van der Waals surface area contributed by atoms with Gasteiger partial charge in [-0.25, -0.2) is 0 Å². The molecule has 2 atom stereocenters. The van der Waals surface area contributed by atoms with Gasteiger partial charge < -0.3 is 10.4 Å². The van der Waals surface area contributed by atoms with Crippen LogP contribution in [0.1, 0.15) is 19.8 Å². The maximum absolute atomic E-state index is 12.1. The predicted molar refractivity (Wildman–Crippen MR) is 59.8 cm³/mol. The summed E-state index contributed by atoms with van der Waals surface area (Å²) in [4.78, 5) is 2.03. The van der Waals surface area contributed by atoms with Crippen LogP contribution >= 0.6 is 0 Å². The minimum absolute atomic E-state index is 0.0580. The fourth-order valence-corrected chi connectivity index (χ4v) is 2.33. The highest BCUT2D eigenvalue weighted by molar-refractivity contribution is 4.83. The molecule has 0 aromatic rings. The molecule has 0 amide bonds. The fraction of sp³-hybridized carbons (Fsp3) is 1.00. The molecule has 6 heteroatoms. The van der Waals surface area contributed by atoms with Crippen LogP contribution < -0.4 is 5.32 Å². The van der Waals surface area contributed by atoms with E-state index in [1.807, 2.05) is 11.8 Å². The average Bonchev–Trinajstić information content (AvgIpc) is 2.25. The number of nitrogens with zero attached hydrogens (tertiary/aromatic N) is 1. The topological polar surface area (TPSA) is 35.5 Å². The molecule has 102 valence electrons. The van der Waals surface area contributed by atoms with Gasteiger partial charge in [-0.2, -0.15) is 13.2 Å². The van der Waals surface area contributed by atoms with Gasteiger partial charge in [-0.1, -0.05) is 13.3 Å². The van der Waals surface area contributed by atoms with E-state index >= 15 is 0 Å². The summed E-state index contributed by atoms with van der Waals surface area (Å²) in [6.45, 7) is 3.19. The number of alkyl halides is 3. The van der Waals surface area contributed by atoms with Crippen LogP contribution in [0.4, 0.5) is 13.2 Å². The third-order valence-electron chi connectivity index (χ3n) is 3.20. The van der Waals surface area contributed by atoms with Crippen LogP contribution in [-0.4, -0.2) is 55.0 Å². The molecule has 1 heterocycles. The summed E-state index contributed by atoms with van der Waals surface area (Å²) in [6, 6.07) is -0.123. The van der Waals surface area contributed by atoms with E-state index in [2.05, 4.69) is 5.32 Å². The maximum Gasteiger partial charge on any atom is 0.401 e. The number of hydrogen-bond donors (Lipinski definition) is 2. The van der Waals surface area contributed by atoms with Gasteiger partial charge in [0.2, 0.25) is 0 Å². The third kappa shape index (κ3) is 5.70. The van der Waals surface area contributed by atoms with Crippen molar-refractivity contribution in [3.05, 3.63) is 0 Å². The number of aliphatic hydroxyl groups excluding tert-OH is 1. The Bertz CT molecular complexity index is 223. The molecule has 2 N–H and O–H groups in total. The van der Waals surface area contributed by atoms with Crippen LogP contribution in [0.15, 0.2) is 0 Å². The molecule has 0 saturated carbocycles. The quantitative estimate of drug-likeness (QED) is 0.774. The lowest BCUT2D eigenvalue weighted by Crippen LogP contribution is -2.51. The predicted octanol–water partition coefficient (Wildman–Crippen LogP) is 1.23. The normalized spacial score (nSPS) is 27.4. The smallest absolute Gasteiger partial charge is 0.395 e. The first-order valence-electron chi connectivity index (χ1n) is 6.08. The number of rotatable bonds is 5. The Kier molecular flexibility index (Phi) is 5.69. The van der Waals surface area contributed by atoms with E-state index in [1.54, 1.807) is 0 Å². The minimum Gasteiger partial charge on any atom is -0.395 e. The van der Waals surface area contributed by atoms with Gasteiger partial charge in [0, 0.05) is 25.7 Å². The molecule has 1 rings (SSSR count). The minimum atomic E-state index is -4.15. The molecule has 0 aromatic carbocycles. The number of hydrogen-bond acceptors (Lipinski definition) is 3. The molecule has 0 bridgehead atoms. The van der Waals surface area contributed by atoms with E-state index in [-0.39, 0.29) is 12.6 Å². The van der Waals surface area contributed by atoms with Crippen molar-refractivity contribution in [1.29, 1.82) is 0 Å². The molecule has 0 aliphatic carbocycles. The van der Waals surface area contributed by atoms with Crippen molar-refractivity contribution in [3.63, 3.8) is 0 Å². The van der Waals surface area contributed by atoms with Crippen molar-refractivity contribution in [1.82, 2.24) is 10.2 Å². The van der Waals surface area contributed by atoms with E-state index in [1.165, 1.54) is 0 Å². The van der Waals surface area contributed by atoms with Gasteiger partial charge >= 0.3 is 6.18 Å². The van der Waals surface area contributed by atoms with Gasteiger partial charge in [0.1, 0.15) is 0 Å². The van der Waals surface area contributed by atoms with Gasteiger partial charge in [-0.15, -0.1) is 0 Å². The zero-order chi connectivity index (χ0) is 12.9. The molecular weight excluding hydrogens is 233 g/mol. The number of likely N-dealkylation sites (tertiary alicyclic amines) is 1. The number of β-amino-alcohol motifs (C(OH)–C–C–N with tert-alkyl or cyclic N) is 1. The van der Waals surface area contributed by atoms with Crippen LogP contribution in [0.25, 0.3) is 0 Å². The molecule has 0 aromatic heterocycles. The maximum atomic E-state index is 12.1. The molecule has 1 saturated heterocycles. The van der Waals surface area contributed by atoms with Gasteiger partial charge in [0.05, 0.1) is 13.2 Å². The molecule has 17 heavy (non-hydrogen) atoms. The van der Waals surface area contributed by atoms with Gasteiger partial charge in [0.25, 0.3) is 0 Å². The third-order valence-corrected chi connectivity index (χ3v) is 3.20. The van der Waals surface area contributed by atoms with Crippen LogP contribution in [-0.2, 0) is 0 Å². The summed E-state index contributed by atoms with van der Waals surface area (Å²) in [5.41, 5.74) is 0. The molecule has 1 aliphatic rings. The SMILES string of the molecule is CCC1CC(NCC(F)(F)F)CN(CCO)C1. The Hall–Kier alpha value is -0.330. The van der Waals surface area contributed by atoms with Crippen molar-refractivity contribution in [2.24, 2.45) is 5.92 Å². The van der Waals surface area contributed by atoms with Crippen molar-refractivity contribution >= 4 is 0 Å². The van der Waals surface area contributed by atoms with Crippen LogP contribution in [0.3, 0.4) is 0 Å². The Morgan fingerprint density at radius 1 is 1.35 bits per heavy atom. The van der Waals surface area contributed by atoms with Gasteiger partial charge in [-0.05, 0) is 12.3 Å². The number of halogens is 3. The van der Waals surface area contributed by atoms with Crippen LogP contribution in [0.5, 0.6) is 0 Å². The Morgan fingerprint density at radius 2 is 2.06 bits per heavy atom. The number of aliphatic hydroxyl groups is 1. The van der Waals surface area contributed by atoms with Gasteiger partial charge in [0.15, 0.2) is 0 Å². The molecule has 1 aliphatic heterocycles. The molecule has 1 fully saturated rings. The van der Waals surface area contributed by atoms with E-state index < -0.39 is 12.7 Å². The first kappa shape index (κ1) is 14.7. The Balaban J connectivity index is 2.42. The van der Waals surface area contributed by atoms with E-state index in [9.17, 15) is 13.2 Å². The fourth-order valence-electron chi connectivity index (χ4n) is 2.33. The summed E-state index contributed by atoms with van der Waals surface area (Å²) in [5.74, 6) is 0.418. The largest absolute Gasteiger partial charge is 0.401 e. The molecule has 3 nitrogen and oxygen atoms in total. The summed E-state index contributed by atoms with van der Waals surface area (Å²) in [6.07, 6.45) is -2.40. The molecule has 2 unspecified atom stereocenters. The highest BCUT2D eigenvalue weighted by Gasteiger charge is 2.31. The second-order valence-corrected chi connectivity index (χ2v) is 4.69. The van der Waals surface area contributed by atoms with Crippen molar-refractivity contribution in [2.45, 2.75) is 32.0 Å². The Morgan fingerprint density at radius 3 is 2.59 bits per heavy atom. The monoisotopic (exact) mass is 254 g/mol. The lowest BCUT2D eigenvalue weighted by molar-refractivity contribution is -0.127. The molecular formula is C11H21F3N2O. The lowest BCUT2D eigenvalue weighted by Gasteiger charge is -2.37. The lowest BCUT2D eigenvalue weighted by atomic mass is 9.92. The van der Waals surface area contributed by atoms with Crippen molar-refractivity contribution in [2.75, 3.05) is 32.8 Å². The van der Waals surface area contributed by atoms with Crippen molar-refractivity contribution < 1.29 is 18.3 Å². The highest BCUT2D eigenvalue weighted by Crippen LogP contribution is 2.21. The zero-order valence-corrected chi connectivity index (χ0v) is 10.1. The van der Waals surface area contributed by atoms with Crippen LogP contribution in [0.2, 0.25) is 0 Å².